The van der Waals surface area contributed by atoms with Crippen molar-refractivity contribution in [2.24, 2.45) is 7.05 Å². The van der Waals surface area contributed by atoms with Gasteiger partial charge in [-0.15, -0.1) is 5.73 Å². The van der Waals surface area contributed by atoms with Crippen molar-refractivity contribution in [1.82, 2.24) is 4.57 Å². The average molecular weight is 173 g/mol. The Balaban J connectivity index is 3.53. The summed E-state index contributed by atoms with van der Waals surface area (Å²) in [7, 11) is 2.03. The molecule has 0 aliphatic carbocycles. The topological polar surface area (TPSA) is 4.93 Å². The maximum atomic E-state index is 3.80. The highest BCUT2D eigenvalue weighted by Gasteiger charge is 2.09. The fourth-order valence-electron chi connectivity index (χ4n) is 1.61. The molecule has 1 nitrogen and oxygen atoms in total. The summed E-state index contributed by atoms with van der Waals surface area (Å²) in [6, 6.07) is 0. The fraction of sp³-hybridized carbons (Fsp3) is 0.250. The van der Waals surface area contributed by atoms with E-state index >= 15 is 0 Å². The van der Waals surface area contributed by atoms with E-state index in [9.17, 15) is 0 Å². The van der Waals surface area contributed by atoms with Crippen LogP contribution in [0.1, 0.15) is 22.5 Å². The summed E-state index contributed by atoms with van der Waals surface area (Å²) in [6.45, 7) is 11.6. The lowest BCUT2D eigenvalue weighted by Gasteiger charge is -1.99. The molecule has 1 aromatic rings. The van der Waals surface area contributed by atoms with Crippen molar-refractivity contribution in [3.8, 4) is 0 Å². The zero-order valence-electron chi connectivity index (χ0n) is 8.52. The smallest absolute Gasteiger partial charge is 0.0519 e. The minimum atomic E-state index is 1.16. The average Bonchev–Trinajstić information content (AvgIpc) is 2.31. The molecule has 0 N–H and O–H groups in total. The van der Waals surface area contributed by atoms with Crippen molar-refractivity contribution >= 4 is 12.2 Å². The van der Waals surface area contributed by atoms with Gasteiger partial charge in [-0.05, 0) is 31.1 Å². The third-order valence-corrected chi connectivity index (χ3v) is 2.49. The molecule has 68 valence electrons. The first-order chi connectivity index (χ1) is 6.13. The maximum absolute atomic E-state index is 3.80. The molecular formula is C12H15N. The van der Waals surface area contributed by atoms with Gasteiger partial charge in [-0.2, -0.15) is 0 Å². The molecule has 0 saturated carbocycles. The third-order valence-electron chi connectivity index (χ3n) is 2.49. The van der Waals surface area contributed by atoms with E-state index in [1.807, 2.05) is 19.2 Å². The Bertz CT molecular complexity index is 388. The zero-order valence-corrected chi connectivity index (χ0v) is 8.52. The van der Waals surface area contributed by atoms with E-state index in [4.69, 9.17) is 0 Å². The molecule has 0 amide bonds. The second-order valence-corrected chi connectivity index (χ2v) is 3.13. The van der Waals surface area contributed by atoms with E-state index in [2.05, 4.69) is 37.3 Å². The van der Waals surface area contributed by atoms with Crippen LogP contribution < -0.4 is 0 Å². The summed E-state index contributed by atoms with van der Waals surface area (Å²) in [5, 5.41) is 0. The van der Waals surface area contributed by atoms with Crippen LogP contribution in [0.25, 0.3) is 12.2 Å². The van der Waals surface area contributed by atoms with Crippen molar-refractivity contribution < 1.29 is 0 Å². The lowest BCUT2D eigenvalue weighted by Crippen LogP contribution is -1.93. The predicted molar refractivity (Wildman–Crippen MR) is 58.6 cm³/mol. The summed E-state index contributed by atoms with van der Waals surface area (Å²) >= 11 is 0. The van der Waals surface area contributed by atoms with Crippen LogP contribution in [0.15, 0.2) is 18.9 Å². The van der Waals surface area contributed by atoms with Gasteiger partial charge >= 0.3 is 0 Å². The van der Waals surface area contributed by atoms with Crippen LogP contribution in [0.5, 0.6) is 0 Å². The monoisotopic (exact) mass is 173 g/mol. The number of hydrogen-bond acceptors (Lipinski definition) is 0. The number of nitrogens with zero attached hydrogens (tertiary/aromatic N) is 1. The van der Waals surface area contributed by atoms with Crippen LogP contribution >= 0.6 is 0 Å². The van der Waals surface area contributed by atoms with Gasteiger partial charge in [0, 0.05) is 18.8 Å². The molecule has 1 rings (SSSR count). The highest BCUT2D eigenvalue weighted by molar-refractivity contribution is 5.61. The molecule has 1 heteroatoms. The minimum Gasteiger partial charge on any atom is -0.344 e. The van der Waals surface area contributed by atoms with E-state index in [-0.39, 0.29) is 0 Å². The summed E-state index contributed by atoms with van der Waals surface area (Å²) in [6.07, 6.45) is 3.78. The van der Waals surface area contributed by atoms with Gasteiger partial charge in [0.1, 0.15) is 0 Å². The molecule has 0 aliphatic rings. The second-order valence-electron chi connectivity index (χ2n) is 3.13. The highest BCUT2D eigenvalue weighted by atomic mass is 15.0. The lowest BCUT2D eigenvalue weighted by molar-refractivity contribution is 0.897. The standard InChI is InChI=1S/C12H15N/c1-6-8-12-10(4)9(3)11(7-2)13(12)5/h7-8H,1-2H2,3-5H3. The van der Waals surface area contributed by atoms with Crippen molar-refractivity contribution in [1.29, 1.82) is 0 Å². The van der Waals surface area contributed by atoms with Crippen LogP contribution in [0.4, 0.5) is 0 Å². The number of rotatable bonds is 2. The molecule has 0 bridgehead atoms. The number of hydrogen-bond donors (Lipinski definition) is 0. The van der Waals surface area contributed by atoms with Crippen LogP contribution in [-0.4, -0.2) is 4.57 Å². The van der Waals surface area contributed by atoms with Crippen LogP contribution in [-0.2, 0) is 7.05 Å². The molecule has 0 aliphatic heterocycles. The number of aromatic nitrogens is 1. The molecule has 0 unspecified atom stereocenters. The molecule has 13 heavy (non-hydrogen) atoms. The van der Waals surface area contributed by atoms with E-state index < -0.39 is 0 Å². The summed E-state index contributed by atoms with van der Waals surface area (Å²) < 4.78 is 2.11. The molecule has 0 saturated heterocycles. The van der Waals surface area contributed by atoms with Gasteiger partial charge in [-0.3, -0.25) is 0 Å². The van der Waals surface area contributed by atoms with Gasteiger partial charge in [-0.25, -0.2) is 0 Å². The Morgan fingerprint density at radius 2 is 1.77 bits per heavy atom. The van der Waals surface area contributed by atoms with Gasteiger partial charge in [0.25, 0.3) is 0 Å². The molecule has 1 aromatic heterocycles. The fourth-order valence-corrected chi connectivity index (χ4v) is 1.61. The Kier molecular flexibility index (Phi) is 2.60. The quantitative estimate of drug-likeness (QED) is 0.606. The molecule has 0 atom stereocenters. The van der Waals surface area contributed by atoms with Crippen molar-refractivity contribution in [3.05, 3.63) is 41.4 Å². The molecule has 0 radical (unpaired) electrons. The summed E-state index contributed by atoms with van der Waals surface area (Å²) in [4.78, 5) is 0. The zero-order chi connectivity index (χ0) is 10.0. The first-order valence-electron chi connectivity index (χ1n) is 4.27. The van der Waals surface area contributed by atoms with Crippen molar-refractivity contribution in [2.45, 2.75) is 13.8 Å². The molecule has 0 fully saturated rings. The normalized spacial score (nSPS) is 9.46. The Hall–Kier alpha value is -1.46. The first-order valence-corrected chi connectivity index (χ1v) is 4.27. The minimum absolute atomic E-state index is 1.16. The van der Waals surface area contributed by atoms with Gasteiger partial charge in [0.05, 0.1) is 5.69 Å². The van der Waals surface area contributed by atoms with E-state index in [1.54, 1.807) is 0 Å². The summed E-state index contributed by atoms with van der Waals surface area (Å²) in [5.74, 6) is 0. The van der Waals surface area contributed by atoms with Crippen molar-refractivity contribution in [3.63, 3.8) is 0 Å². The van der Waals surface area contributed by atoms with Gasteiger partial charge < -0.3 is 4.57 Å². The van der Waals surface area contributed by atoms with E-state index in [1.165, 1.54) is 16.8 Å². The summed E-state index contributed by atoms with van der Waals surface area (Å²) in [5.41, 5.74) is 7.67. The van der Waals surface area contributed by atoms with Gasteiger partial charge in [0.2, 0.25) is 0 Å². The van der Waals surface area contributed by atoms with E-state index in [0.29, 0.717) is 0 Å². The van der Waals surface area contributed by atoms with E-state index in [0.717, 1.165) is 5.69 Å². The van der Waals surface area contributed by atoms with Crippen LogP contribution in [0.2, 0.25) is 0 Å². The van der Waals surface area contributed by atoms with Crippen LogP contribution in [0, 0.1) is 13.8 Å². The molecular weight excluding hydrogens is 158 g/mol. The SMILES string of the molecule is C=C=Cc1c(C)c(C)c(C=C)n1C. The molecule has 0 spiro atoms. The Morgan fingerprint density at radius 3 is 2.15 bits per heavy atom. The predicted octanol–water partition coefficient (Wildman–Crippen LogP) is 3.08. The van der Waals surface area contributed by atoms with Crippen LogP contribution in [0.3, 0.4) is 0 Å². The first kappa shape index (κ1) is 9.63. The maximum Gasteiger partial charge on any atom is 0.0519 e. The van der Waals surface area contributed by atoms with Gasteiger partial charge in [-0.1, -0.05) is 13.2 Å². The molecule has 0 aromatic carbocycles. The largest absolute Gasteiger partial charge is 0.344 e. The molecule has 1 heterocycles. The lowest BCUT2D eigenvalue weighted by atomic mass is 10.1. The third kappa shape index (κ3) is 1.39. The highest BCUT2D eigenvalue weighted by Crippen LogP contribution is 2.22. The Labute approximate surface area is 79.7 Å². The Morgan fingerprint density at radius 1 is 1.23 bits per heavy atom. The van der Waals surface area contributed by atoms with Gasteiger partial charge in [0.15, 0.2) is 0 Å². The second kappa shape index (κ2) is 3.51. The van der Waals surface area contributed by atoms with Crippen molar-refractivity contribution in [2.75, 3.05) is 0 Å².